The van der Waals surface area contributed by atoms with E-state index in [0.29, 0.717) is 30.3 Å². The lowest BCUT2D eigenvalue weighted by Gasteiger charge is -2.31. The van der Waals surface area contributed by atoms with Gasteiger partial charge in [0.2, 0.25) is 0 Å². The van der Waals surface area contributed by atoms with Crippen LogP contribution < -0.4 is 19.5 Å². The molecule has 184 valence electrons. The molecule has 2 amide bonds. The number of hydrogen-bond donors (Lipinski definition) is 1. The van der Waals surface area contributed by atoms with Crippen LogP contribution in [0, 0.1) is 0 Å². The van der Waals surface area contributed by atoms with Crippen LogP contribution in [0.3, 0.4) is 0 Å². The van der Waals surface area contributed by atoms with Gasteiger partial charge in [0, 0.05) is 35.8 Å². The predicted molar refractivity (Wildman–Crippen MR) is 139 cm³/mol. The van der Waals surface area contributed by atoms with Crippen molar-refractivity contribution in [3.05, 3.63) is 102 Å². The molecule has 1 atom stereocenters. The molecule has 0 saturated carbocycles. The topological polar surface area (TPSA) is 65.0 Å². The molecular weight excluding hydrogens is 454 g/mol. The lowest BCUT2D eigenvalue weighted by molar-refractivity contribution is 0.194. The minimum absolute atomic E-state index is 0.228. The lowest BCUT2D eigenvalue weighted by Crippen LogP contribution is -2.37. The highest BCUT2D eigenvalue weighted by Crippen LogP contribution is 2.37. The first-order chi connectivity index (χ1) is 17.6. The number of anilines is 1. The number of urea groups is 1. The molecule has 1 N–H and O–H groups in total. The van der Waals surface area contributed by atoms with E-state index >= 15 is 0 Å². The quantitative estimate of drug-likeness (QED) is 0.364. The number of hydrogen-bond acceptors (Lipinski definition) is 4. The van der Waals surface area contributed by atoms with Gasteiger partial charge in [-0.25, -0.2) is 4.79 Å². The van der Waals surface area contributed by atoms with E-state index in [-0.39, 0.29) is 12.1 Å². The summed E-state index contributed by atoms with van der Waals surface area (Å²) in [5, 5.41) is 3.07. The third kappa shape index (κ3) is 4.47. The van der Waals surface area contributed by atoms with Crippen LogP contribution in [-0.2, 0) is 6.54 Å². The Morgan fingerprint density at radius 2 is 1.64 bits per heavy atom. The number of para-hydroxylation sites is 1. The molecule has 3 aromatic carbocycles. The number of rotatable bonds is 6. The van der Waals surface area contributed by atoms with Crippen molar-refractivity contribution in [2.75, 3.05) is 26.1 Å². The maximum absolute atomic E-state index is 13.9. The molecule has 7 nitrogen and oxygen atoms in total. The molecule has 1 aromatic heterocycles. The van der Waals surface area contributed by atoms with Crippen molar-refractivity contribution in [3.63, 3.8) is 0 Å². The molecule has 0 bridgehead atoms. The van der Waals surface area contributed by atoms with E-state index in [1.807, 2.05) is 60.5 Å². The van der Waals surface area contributed by atoms with Gasteiger partial charge in [-0.1, -0.05) is 30.3 Å². The molecule has 1 aliphatic rings. The van der Waals surface area contributed by atoms with E-state index in [1.165, 1.54) is 0 Å². The molecular formula is C29H29N3O4. The Labute approximate surface area is 210 Å². The average Bonchev–Trinajstić information content (AvgIpc) is 3.33. The van der Waals surface area contributed by atoms with Gasteiger partial charge in [0.05, 0.1) is 39.1 Å². The first kappa shape index (κ1) is 23.4. The smallest absolute Gasteiger partial charge is 0.322 e. The number of methoxy groups -OCH3 is 2. The lowest BCUT2D eigenvalue weighted by atomic mass is 10.0. The number of aromatic nitrogens is 1. The highest BCUT2D eigenvalue weighted by molar-refractivity contribution is 5.90. The van der Waals surface area contributed by atoms with E-state index < -0.39 is 0 Å². The van der Waals surface area contributed by atoms with Gasteiger partial charge in [-0.05, 0) is 48.4 Å². The number of fused-ring (bicyclic) bond motifs is 3. The number of carbonyl (C=O) groups excluding carboxylic acids is 1. The van der Waals surface area contributed by atoms with Gasteiger partial charge in [0.25, 0.3) is 0 Å². The molecule has 36 heavy (non-hydrogen) atoms. The molecule has 2 heterocycles. The van der Waals surface area contributed by atoms with Gasteiger partial charge in [0.1, 0.15) is 17.2 Å². The monoisotopic (exact) mass is 483 g/mol. The Balaban J connectivity index is 1.58. The molecule has 0 aliphatic carbocycles. The molecule has 5 rings (SSSR count). The van der Waals surface area contributed by atoms with Gasteiger partial charge in [-0.15, -0.1) is 0 Å². The molecule has 0 saturated heterocycles. The zero-order valence-corrected chi connectivity index (χ0v) is 20.6. The van der Waals surface area contributed by atoms with Crippen LogP contribution in [0.15, 0.2) is 85.1 Å². The SMILES string of the molecule is CCOc1ccc(C2c3cccn3-c3ccccc3CN2C(=O)Nc2cc(OC)cc(OC)c2)cc1. The fourth-order valence-corrected chi connectivity index (χ4v) is 4.68. The summed E-state index contributed by atoms with van der Waals surface area (Å²) in [5.74, 6) is 2.00. The van der Waals surface area contributed by atoms with Crippen LogP contribution in [0.25, 0.3) is 5.69 Å². The average molecular weight is 484 g/mol. The fraction of sp³-hybridized carbons (Fsp3) is 0.207. The van der Waals surface area contributed by atoms with Crippen LogP contribution in [0.2, 0.25) is 0 Å². The third-order valence-corrected chi connectivity index (χ3v) is 6.33. The van der Waals surface area contributed by atoms with E-state index in [2.05, 4.69) is 28.1 Å². The summed E-state index contributed by atoms with van der Waals surface area (Å²) >= 11 is 0. The van der Waals surface area contributed by atoms with E-state index in [4.69, 9.17) is 14.2 Å². The van der Waals surface area contributed by atoms with Crippen molar-refractivity contribution in [3.8, 4) is 22.9 Å². The van der Waals surface area contributed by atoms with Gasteiger partial charge >= 0.3 is 6.03 Å². The summed E-state index contributed by atoms with van der Waals surface area (Å²) in [4.78, 5) is 15.8. The Morgan fingerprint density at radius 1 is 0.917 bits per heavy atom. The van der Waals surface area contributed by atoms with Crippen LogP contribution in [0.1, 0.15) is 29.8 Å². The summed E-state index contributed by atoms with van der Waals surface area (Å²) in [6.45, 7) is 2.99. The second kappa shape index (κ2) is 10.1. The number of benzene rings is 3. The number of nitrogens with one attached hydrogen (secondary N) is 1. The van der Waals surface area contributed by atoms with Crippen molar-refractivity contribution < 1.29 is 19.0 Å². The normalized spacial score (nSPS) is 14.3. The first-order valence-corrected chi connectivity index (χ1v) is 11.9. The molecule has 1 aliphatic heterocycles. The summed E-state index contributed by atoms with van der Waals surface area (Å²) in [5.41, 5.74) is 4.70. The van der Waals surface area contributed by atoms with Crippen LogP contribution in [0.5, 0.6) is 17.2 Å². The van der Waals surface area contributed by atoms with Gasteiger partial charge < -0.3 is 29.0 Å². The van der Waals surface area contributed by atoms with Crippen molar-refractivity contribution in [2.45, 2.75) is 19.5 Å². The Kier molecular flexibility index (Phi) is 6.54. The summed E-state index contributed by atoms with van der Waals surface area (Å²) in [7, 11) is 3.17. The van der Waals surface area contributed by atoms with Gasteiger partial charge in [0.15, 0.2) is 0 Å². The highest BCUT2D eigenvalue weighted by Gasteiger charge is 2.33. The largest absolute Gasteiger partial charge is 0.497 e. The number of nitrogens with zero attached hydrogens (tertiary/aromatic N) is 2. The fourth-order valence-electron chi connectivity index (χ4n) is 4.68. The zero-order valence-electron chi connectivity index (χ0n) is 20.6. The van der Waals surface area contributed by atoms with E-state index in [9.17, 15) is 4.79 Å². The van der Waals surface area contributed by atoms with E-state index in [1.54, 1.807) is 32.4 Å². The maximum Gasteiger partial charge on any atom is 0.322 e. The third-order valence-electron chi connectivity index (χ3n) is 6.33. The molecule has 1 unspecified atom stereocenters. The van der Waals surface area contributed by atoms with Crippen molar-refractivity contribution >= 4 is 11.7 Å². The Bertz CT molecular complexity index is 1340. The number of carbonyl (C=O) groups is 1. The highest BCUT2D eigenvalue weighted by atomic mass is 16.5. The van der Waals surface area contributed by atoms with Crippen molar-refractivity contribution in [1.82, 2.24) is 9.47 Å². The van der Waals surface area contributed by atoms with Crippen LogP contribution in [-0.4, -0.2) is 36.3 Å². The Morgan fingerprint density at radius 3 is 2.33 bits per heavy atom. The van der Waals surface area contributed by atoms with Crippen molar-refractivity contribution in [2.24, 2.45) is 0 Å². The minimum Gasteiger partial charge on any atom is -0.497 e. The molecule has 0 spiro atoms. The van der Waals surface area contributed by atoms with Crippen LogP contribution in [0.4, 0.5) is 10.5 Å². The van der Waals surface area contributed by atoms with Crippen LogP contribution >= 0.6 is 0 Å². The van der Waals surface area contributed by atoms with Crippen molar-refractivity contribution in [1.29, 1.82) is 0 Å². The number of ether oxygens (including phenoxy) is 3. The second-order valence-electron chi connectivity index (χ2n) is 8.50. The summed E-state index contributed by atoms with van der Waals surface area (Å²) in [6, 6.07) is 25.0. The number of amides is 2. The van der Waals surface area contributed by atoms with E-state index in [0.717, 1.165) is 28.3 Å². The summed E-state index contributed by atoms with van der Waals surface area (Å²) in [6.07, 6.45) is 2.05. The second-order valence-corrected chi connectivity index (χ2v) is 8.50. The first-order valence-electron chi connectivity index (χ1n) is 11.9. The van der Waals surface area contributed by atoms with Gasteiger partial charge in [-0.3, -0.25) is 0 Å². The maximum atomic E-state index is 13.9. The Hall–Kier alpha value is -4.39. The molecule has 7 heteroatoms. The van der Waals surface area contributed by atoms with Gasteiger partial charge in [-0.2, -0.15) is 0 Å². The summed E-state index contributed by atoms with van der Waals surface area (Å²) < 4.78 is 18.6. The zero-order chi connectivity index (χ0) is 25.1. The molecule has 0 radical (unpaired) electrons. The minimum atomic E-state index is -0.324. The molecule has 4 aromatic rings. The predicted octanol–water partition coefficient (Wildman–Crippen LogP) is 6.03. The molecule has 0 fully saturated rings. The standard InChI is InChI=1S/C29H29N3O4/c1-4-36-23-13-11-20(12-14-23)28-27-10-7-15-31(27)26-9-6-5-8-21(26)19-32(28)29(33)30-22-16-24(34-2)18-25(17-22)35-3/h5-18,28H,4,19H2,1-3H3,(H,30,33).